The van der Waals surface area contributed by atoms with Gasteiger partial charge in [0.2, 0.25) is 5.91 Å². The highest BCUT2D eigenvalue weighted by atomic mass is 16.3. The van der Waals surface area contributed by atoms with Gasteiger partial charge in [-0.1, -0.05) is 36.8 Å². The molecule has 0 saturated heterocycles. The minimum absolute atomic E-state index is 0.0658. The monoisotopic (exact) mass is 290 g/mol. The van der Waals surface area contributed by atoms with Crippen LogP contribution in [0.4, 0.5) is 0 Å². The smallest absolute Gasteiger partial charge is 0.237 e. The van der Waals surface area contributed by atoms with Gasteiger partial charge in [-0.25, -0.2) is 0 Å². The van der Waals surface area contributed by atoms with E-state index < -0.39 is 0 Å². The summed E-state index contributed by atoms with van der Waals surface area (Å²) in [6.07, 6.45) is 3.52. The van der Waals surface area contributed by atoms with E-state index in [9.17, 15) is 9.90 Å². The minimum atomic E-state index is 0.0658. The molecular formula is C17H26N2O2. The Labute approximate surface area is 127 Å². The van der Waals surface area contributed by atoms with Crippen LogP contribution >= 0.6 is 0 Å². The molecule has 0 heterocycles. The van der Waals surface area contributed by atoms with Gasteiger partial charge in [0.15, 0.2) is 0 Å². The van der Waals surface area contributed by atoms with E-state index >= 15 is 0 Å². The second kappa shape index (κ2) is 7.57. The van der Waals surface area contributed by atoms with Crippen molar-refractivity contribution in [1.82, 2.24) is 9.80 Å². The van der Waals surface area contributed by atoms with Crippen LogP contribution in [0, 0.1) is 0 Å². The summed E-state index contributed by atoms with van der Waals surface area (Å²) < 4.78 is 0. The molecule has 0 aromatic heterocycles. The molecule has 1 amide bonds. The maximum atomic E-state index is 12.5. The van der Waals surface area contributed by atoms with Gasteiger partial charge in [-0.05, 0) is 25.3 Å². The van der Waals surface area contributed by atoms with Crippen molar-refractivity contribution >= 4 is 5.91 Å². The van der Waals surface area contributed by atoms with Crippen molar-refractivity contribution in [2.45, 2.75) is 38.3 Å². The van der Waals surface area contributed by atoms with Crippen molar-refractivity contribution in [3.05, 3.63) is 35.9 Å². The summed E-state index contributed by atoms with van der Waals surface area (Å²) in [7, 11) is 1.86. The Bertz CT molecular complexity index is 445. The van der Waals surface area contributed by atoms with Crippen molar-refractivity contribution in [2.24, 2.45) is 0 Å². The van der Waals surface area contributed by atoms with Crippen LogP contribution in [0.15, 0.2) is 30.3 Å². The molecule has 21 heavy (non-hydrogen) atoms. The maximum Gasteiger partial charge on any atom is 0.237 e. The third-order valence-electron chi connectivity index (χ3n) is 4.57. The van der Waals surface area contributed by atoms with Gasteiger partial charge in [0.25, 0.3) is 0 Å². The minimum Gasteiger partial charge on any atom is -0.395 e. The second-order valence-corrected chi connectivity index (χ2v) is 5.87. The number of nitrogens with zero attached hydrogens (tertiary/aromatic N) is 2. The molecule has 116 valence electrons. The molecule has 2 rings (SSSR count). The van der Waals surface area contributed by atoms with Crippen LogP contribution in [0.5, 0.6) is 0 Å². The van der Waals surface area contributed by atoms with Crippen molar-refractivity contribution in [3.8, 4) is 0 Å². The van der Waals surface area contributed by atoms with E-state index in [-0.39, 0.29) is 18.6 Å². The molecule has 1 fully saturated rings. The number of aliphatic hydroxyl groups excluding tert-OH is 1. The predicted octanol–water partition coefficient (Wildman–Crippen LogP) is 2.05. The van der Waals surface area contributed by atoms with Crippen molar-refractivity contribution < 1.29 is 9.90 Å². The maximum absolute atomic E-state index is 12.5. The number of hydrogen-bond acceptors (Lipinski definition) is 3. The Morgan fingerprint density at radius 3 is 2.52 bits per heavy atom. The first-order valence-electron chi connectivity index (χ1n) is 7.79. The molecule has 1 atom stereocenters. The van der Waals surface area contributed by atoms with Crippen LogP contribution in [0.2, 0.25) is 0 Å². The van der Waals surface area contributed by atoms with Crippen LogP contribution in [0.25, 0.3) is 0 Å². The topological polar surface area (TPSA) is 43.8 Å². The van der Waals surface area contributed by atoms with Crippen LogP contribution in [0.1, 0.15) is 37.8 Å². The Morgan fingerprint density at radius 1 is 1.33 bits per heavy atom. The third kappa shape index (κ3) is 4.05. The zero-order valence-electron chi connectivity index (χ0n) is 13.0. The fourth-order valence-corrected chi connectivity index (χ4v) is 2.73. The van der Waals surface area contributed by atoms with Crippen molar-refractivity contribution in [1.29, 1.82) is 0 Å². The molecule has 4 heteroatoms. The fourth-order valence-electron chi connectivity index (χ4n) is 2.73. The molecule has 1 aromatic rings. The summed E-state index contributed by atoms with van der Waals surface area (Å²) in [5.74, 6) is 0.117. The quantitative estimate of drug-likeness (QED) is 0.836. The highest BCUT2D eigenvalue weighted by molar-refractivity contribution is 5.78. The number of carbonyl (C=O) groups excluding carboxylic acids is 1. The Morgan fingerprint density at radius 2 is 2.00 bits per heavy atom. The molecule has 0 bridgehead atoms. The summed E-state index contributed by atoms with van der Waals surface area (Å²) in [4.78, 5) is 16.4. The number of hydrogen-bond donors (Lipinski definition) is 1. The fraction of sp³-hybridized carbons (Fsp3) is 0.588. The Balaban J connectivity index is 1.94. The first kappa shape index (κ1) is 16.0. The van der Waals surface area contributed by atoms with Crippen LogP contribution < -0.4 is 0 Å². The molecule has 0 radical (unpaired) electrons. The summed E-state index contributed by atoms with van der Waals surface area (Å²) in [5, 5.41) is 9.18. The van der Waals surface area contributed by atoms with E-state index in [0.717, 1.165) is 18.4 Å². The van der Waals surface area contributed by atoms with Crippen molar-refractivity contribution in [3.63, 3.8) is 0 Å². The Hall–Kier alpha value is -1.39. The lowest BCUT2D eigenvalue weighted by Gasteiger charge is -2.38. The predicted molar refractivity (Wildman–Crippen MR) is 83.9 cm³/mol. The largest absolute Gasteiger partial charge is 0.395 e. The Kier molecular flexibility index (Phi) is 5.76. The third-order valence-corrected chi connectivity index (χ3v) is 4.57. The van der Waals surface area contributed by atoms with E-state index in [0.29, 0.717) is 19.1 Å². The molecule has 1 saturated carbocycles. The van der Waals surface area contributed by atoms with Gasteiger partial charge in [-0.3, -0.25) is 9.69 Å². The normalized spacial score (nSPS) is 16.6. The average Bonchev–Trinajstić information content (AvgIpc) is 2.45. The number of benzene rings is 1. The molecule has 1 aliphatic rings. The van der Waals surface area contributed by atoms with E-state index in [1.807, 2.05) is 44.3 Å². The molecule has 1 unspecified atom stereocenters. The lowest BCUT2D eigenvalue weighted by molar-refractivity contribution is -0.134. The summed E-state index contributed by atoms with van der Waals surface area (Å²) in [5.41, 5.74) is 1.14. The number of rotatable bonds is 7. The average molecular weight is 290 g/mol. The molecule has 1 N–H and O–H groups in total. The van der Waals surface area contributed by atoms with Gasteiger partial charge < -0.3 is 10.0 Å². The lowest BCUT2D eigenvalue weighted by atomic mass is 9.91. The standard InChI is InChI=1S/C17H26N2O2/c1-14(15-7-4-3-5-8-15)18(2)17(21)13-19(11-12-20)16-9-6-10-16/h3-5,7-8,14,16,20H,6,9-13H2,1-2H3. The summed E-state index contributed by atoms with van der Waals surface area (Å²) in [6.45, 7) is 3.15. The zero-order valence-corrected chi connectivity index (χ0v) is 13.0. The van der Waals surface area contributed by atoms with Crippen LogP contribution in [0.3, 0.4) is 0 Å². The zero-order chi connectivity index (χ0) is 15.2. The van der Waals surface area contributed by atoms with Crippen LogP contribution in [-0.2, 0) is 4.79 Å². The summed E-state index contributed by atoms with van der Waals surface area (Å²) >= 11 is 0. The van der Waals surface area contributed by atoms with Crippen LogP contribution in [-0.4, -0.2) is 53.6 Å². The number of likely N-dealkylation sites (N-methyl/N-ethyl adjacent to an activating group) is 1. The van der Waals surface area contributed by atoms with E-state index in [2.05, 4.69) is 4.90 Å². The second-order valence-electron chi connectivity index (χ2n) is 5.87. The van der Waals surface area contributed by atoms with E-state index in [4.69, 9.17) is 0 Å². The van der Waals surface area contributed by atoms with E-state index in [1.54, 1.807) is 4.90 Å². The first-order valence-corrected chi connectivity index (χ1v) is 7.79. The van der Waals surface area contributed by atoms with Gasteiger partial charge in [-0.2, -0.15) is 0 Å². The molecule has 4 nitrogen and oxygen atoms in total. The lowest BCUT2D eigenvalue weighted by Crippen LogP contribution is -2.47. The number of carbonyl (C=O) groups is 1. The molecule has 0 aliphatic heterocycles. The van der Waals surface area contributed by atoms with Gasteiger partial charge in [0.1, 0.15) is 0 Å². The SMILES string of the molecule is CC(c1ccccc1)N(C)C(=O)CN(CCO)C1CCC1. The van der Waals surface area contributed by atoms with Gasteiger partial charge in [0.05, 0.1) is 19.2 Å². The van der Waals surface area contributed by atoms with Gasteiger partial charge in [-0.15, -0.1) is 0 Å². The van der Waals surface area contributed by atoms with Crippen molar-refractivity contribution in [2.75, 3.05) is 26.7 Å². The highest BCUT2D eigenvalue weighted by Gasteiger charge is 2.28. The molecule has 0 spiro atoms. The molecule has 1 aromatic carbocycles. The number of amides is 1. The molecule has 1 aliphatic carbocycles. The highest BCUT2D eigenvalue weighted by Crippen LogP contribution is 2.25. The summed E-state index contributed by atoms with van der Waals surface area (Å²) in [6, 6.07) is 10.6. The van der Waals surface area contributed by atoms with Gasteiger partial charge >= 0.3 is 0 Å². The number of aliphatic hydroxyl groups is 1. The molecular weight excluding hydrogens is 264 g/mol. The van der Waals surface area contributed by atoms with E-state index in [1.165, 1.54) is 6.42 Å². The first-order chi connectivity index (χ1) is 10.1. The van der Waals surface area contributed by atoms with Gasteiger partial charge in [0, 0.05) is 19.6 Å².